The average Bonchev–Trinajstić information content (AvgIpc) is 2.53. The lowest BCUT2D eigenvalue weighted by atomic mass is 10.3. The molecule has 0 unspecified atom stereocenters. The van der Waals surface area contributed by atoms with Gasteiger partial charge < -0.3 is 4.98 Å². The van der Waals surface area contributed by atoms with E-state index < -0.39 is 0 Å². The number of rotatable bonds is 2. The van der Waals surface area contributed by atoms with Crippen molar-refractivity contribution in [3.63, 3.8) is 0 Å². The summed E-state index contributed by atoms with van der Waals surface area (Å²) in [6, 6.07) is 0. The highest BCUT2D eigenvalue weighted by molar-refractivity contribution is 5.66. The van der Waals surface area contributed by atoms with Crippen LogP contribution < -0.4 is 5.56 Å². The van der Waals surface area contributed by atoms with Crippen LogP contribution >= 0.6 is 0 Å². The number of nitrogens with one attached hydrogen (secondary N) is 2. The first-order valence-electron chi connectivity index (χ1n) is 4.11. The predicted octanol–water partition coefficient (Wildman–Crippen LogP) is -0.00630. The molecule has 0 fully saturated rings. The van der Waals surface area contributed by atoms with E-state index in [1.165, 1.54) is 0 Å². The van der Waals surface area contributed by atoms with E-state index in [4.69, 9.17) is 0 Å². The normalized spacial score (nSPS) is 10.8. The van der Waals surface area contributed by atoms with E-state index in [9.17, 15) is 4.79 Å². The zero-order chi connectivity index (χ0) is 9.26. The van der Waals surface area contributed by atoms with Gasteiger partial charge in [-0.1, -0.05) is 6.92 Å². The Morgan fingerprint density at radius 1 is 1.38 bits per heavy atom. The van der Waals surface area contributed by atoms with Crippen LogP contribution in [0.4, 0.5) is 0 Å². The van der Waals surface area contributed by atoms with Crippen LogP contribution in [0.2, 0.25) is 0 Å². The Bertz CT molecular complexity index is 471. The summed E-state index contributed by atoms with van der Waals surface area (Å²) in [7, 11) is 0. The molecule has 0 aliphatic heterocycles. The Morgan fingerprint density at radius 2 is 2.23 bits per heavy atom. The Balaban J connectivity index is 2.63. The van der Waals surface area contributed by atoms with Crippen LogP contribution in [0.25, 0.3) is 11.2 Å². The van der Waals surface area contributed by atoms with Crippen LogP contribution in [0.5, 0.6) is 0 Å². The fourth-order valence-corrected chi connectivity index (χ4v) is 1.16. The van der Waals surface area contributed by atoms with E-state index in [-0.39, 0.29) is 11.1 Å². The van der Waals surface area contributed by atoms with Gasteiger partial charge in [-0.2, -0.15) is 5.21 Å². The molecule has 2 N–H and O–H groups in total. The smallest absolute Gasteiger partial charge is 0.281 e. The van der Waals surface area contributed by atoms with Crippen molar-refractivity contribution in [1.82, 2.24) is 25.4 Å². The summed E-state index contributed by atoms with van der Waals surface area (Å²) in [5.74, 6) is 0.661. The van der Waals surface area contributed by atoms with Crippen molar-refractivity contribution in [2.24, 2.45) is 0 Å². The first-order valence-corrected chi connectivity index (χ1v) is 4.11. The van der Waals surface area contributed by atoms with E-state index in [2.05, 4.69) is 25.4 Å². The molecular formula is C7H9N5O. The second-order valence-electron chi connectivity index (χ2n) is 2.76. The quantitative estimate of drug-likeness (QED) is 0.678. The molecule has 6 heteroatoms. The van der Waals surface area contributed by atoms with Gasteiger partial charge in [-0.25, -0.2) is 4.98 Å². The molecule has 13 heavy (non-hydrogen) atoms. The number of nitrogens with zero attached hydrogens (tertiary/aromatic N) is 3. The molecule has 0 saturated heterocycles. The van der Waals surface area contributed by atoms with Crippen LogP contribution in [0, 0.1) is 0 Å². The van der Waals surface area contributed by atoms with Gasteiger partial charge in [-0.15, -0.1) is 10.2 Å². The second kappa shape index (κ2) is 2.96. The van der Waals surface area contributed by atoms with Crippen LogP contribution in [-0.4, -0.2) is 25.4 Å². The third-order valence-corrected chi connectivity index (χ3v) is 1.73. The van der Waals surface area contributed by atoms with Gasteiger partial charge in [0.15, 0.2) is 5.52 Å². The molecule has 2 heterocycles. The molecule has 6 nitrogen and oxygen atoms in total. The number of hydrogen-bond donors (Lipinski definition) is 2. The van der Waals surface area contributed by atoms with E-state index >= 15 is 0 Å². The summed E-state index contributed by atoms with van der Waals surface area (Å²) >= 11 is 0. The van der Waals surface area contributed by atoms with E-state index in [1.807, 2.05) is 6.92 Å². The fourth-order valence-electron chi connectivity index (χ4n) is 1.16. The zero-order valence-electron chi connectivity index (χ0n) is 7.16. The van der Waals surface area contributed by atoms with Gasteiger partial charge in [0.05, 0.1) is 0 Å². The molecule has 0 aliphatic rings. The van der Waals surface area contributed by atoms with Crippen molar-refractivity contribution in [1.29, 1.82) is 0 Å². The van der Waals surface area contributed by atoms with Gasteiger partial charge in [-0.05, 0) is 6.42 Å². The van der Waals surface area contributed by atoms with Crippen molar-refractivity contribution in [2.75, 3.05) is 0 Å². The van der Waals surface area contributed by atoms with Crippen LogP contribution in [0.15, 0.2) is 4.79 Å². The second-order valence-corrected chi connectivity index (χ2v) is 2.76. The molecule has 0 aromatic carbocycles. The highest BCUT2D eigenvalue weighted by Crippen LogP contribution is 1.99. The molecule has 68 valence electrons. The standard InChI is InChI=1S/C7H9N5O/c1-2-3-4-8-6-5(7(13)9-4)10-12-11-6/h2-3H2,1H3,(H2,8,9,10,11,12,13). The van der Waals surface area contributed by atoms with E-state index in [0.29, 0.717) is 11.5 Å². The molecule has 0 saturated carbocycles. The number of hydrogen-bond acceptors (Lipinski definition) is 4. The molecular weight excluding hydrogens is 170 g/mol. The Hall–Kier alpha value is -1.72. The molecule has 0 spiro atoms. The van der Waals surface area contributed by atoms with Crippen LogP contribution in [0.1, 0.15) is 19.2 Å². The molecule has 0 aliphatic carbocycles. The van der Waals surface area contributed by atoms with E-state index in [1.54, 1.807) is 0 Å². The minimum atomic E-state index is -0.234. The maximum atomic E-state index is 11.3. The molecule has 0 radical (unpaired) electrons. The lowest BCUT2D eigenvalue weighted by Gasteiger charge is -1.94. The summed E-state index contributed by atoms with van der Waals surface area (Å²) in [5.41, 5.74) is 0.411. The van der Waals surface area contributed by atoms with Crippen LogP contribution in [0.3, 0.4) is 0 Å². The monoisotopic (exact) mass is 179 g/mol. The minimum Gasteiger partial charge on any atom is -0.308 e. The van der Waals surface area contributed by atoms with Gasteiger partial charge in [0.25, 0.3) is 5.56 Å². The number of aromatic amines is 2. The average molecular weight is 179 g/mol. The highest BCUT2D eigenvalue weighted by Gasteiger charge is 2.05. The molecule has 2 aromatic rings. The van der Waals surface area contributed by atoms with E-state index in [0.717, 1.165) is 12.8 Å². The lowest BCUT2D eigenvalue weighted by Crippen LogP contribution is -2.11. The molecule has 2 aromatic heterocycles. The number of H-pyrrole nitrogens is 2. The summed E-state index contributed by atoms with van der Waals surface area (Å²) in [6.07, 6.45) is 1.68. The van der Waals surface area contributed by atoms with Gasteiger partial charge in [-0.3, -0.25) is 4.79 Å². The summed E-state index contributed by atoms with van der Waals surface area (Å²) in [5, 5.41) is 9.80. The SMILES string of the molecule is CCCc1nc2n[nH]nc2c(=O)[nH]1. The molecule has 0 bridgehead atoms. The first kappa shape index (κ1) is 7.90. The maximum Gasteiger partial charge on any atom is 0.281 e. The molecule has 0 amide bonds. The highest BCUT2D eigenvalue weighted by atomic mass is 16.1. The van der Waals surface area contributed by atoms with Crippen molar-refractivity contribution in [3.8, 4) is 0 Å². The summed E-state index contributed by atoms with van der Waals surface area (Å²) < 4.78 is 0. The Kier molecular flexibility index (Phi) is 1.80. The Morgan fingerprint density at radius 3 is 3.00 bits per heavy atom. The lowest BCUT2D eigenvalue weighted by molar-refractivity contribution is 0.834. The summed E-state index contributed by atoms with van der Waals surface area (Å²) in [4.78, 5) is 18.1. The fraction of sp³-hybridized carbons (Fsp3) is 0.429. The minimum absolute atomic E-state index is 0.234. The largest absolute Gasteiger partial charge is 0.308 e. The zero-order valence-corrected chi connectivity index (χ0v) is 7.16. The third-order valence-electron chi connectivity index (χ3n) is 1.73. The maximum absolute atomic E-state index is 11.3. The molecule has 2 rings (SSSR count). The van der Waals surface area contributed by atoms with Crippen molar-refractivity contribution < 1.29 is 0 Å². The molecule has 0 atom stereocenters. The number of aromatic nitrogens is 5. The Labute approximate surface area is 73.4 Å². The predicted molar refractivity (Wildman–Crippen MR) is 46.3 cm³/mol. The van der Waals surface area contributed by atoms with Gasteiger partial charge in [0, 0.05) is 6.42 Å². The first-order chi connectivity index (χ1) is 6.31. The topological polar surface area (TPSA) is 87.3 Å². The van der Waals surface area contributed by atoms with Crippen molar-refractivity contribution in [3.05, 3.63) is 16.2 Å². The van der Waals surface area contributed by atoms with Crippen molar-refractivity contribution >= 4 is 11.2 Å². The van der Waals surface area contributed by atoms with Crippen LogP contribution in [-0.2, 0) is 6.42 Å². The third kappa shape index (κ3) is 1.30. The summed E-state index contributed by atoms with van der Waals surface area (Å²) in [6.45, 7) is 2.02. The van der Waals surface area contributed by atoms with Gasteiger partial charge >= 0.3 is 0 Å². The number of aryl methyl sites for hydroxylation is 1. The number of fused-ring (bicyclic) bond motifs is 1. The van der Waals surface area contributed by atoms with Gasteiger partial charge in [0.2, 0.25) is 5.65 Å². The van der Waals surface area contributed by atoms with Crippen molar-refractivity contribution in [2.45, 2.75) is 19.8 Å². The van der Waals surface area contributed by atoms with Gasteiger partial charge in [0.1, 0.15) is 5.82 Å².